The third kappa shape index (κ3) is 5.34. The maximum Gasteiger partial charge on any atom is 0.408 e. The summed E-state index contributed by atoms with van der Waals surface area (Å²) in [5.41, 5.74) is 0.986. The first-order valence-corrected chi connectivity index (χ1v) is 9.25. The van der Waals surface area contributed by atoms with Crippen LogP contribution < -0.4 is 5.32 Å². The van der Waals surface area contributed by atoms with Crippen molar-refractivity contribution in [2.24, 2.45) is 5.41 Å². The summed E-state index contributed by atoms with van der Waals surface area (Å²) in [5, 5.41) is 2.37. The summed E-state index contributed by atoms with van der Waals surface area (Å²) in [4.78, 5) is 39.4. The van der Waals surface area contributed by atoms with Gasteiger partial charge in [-0.2, -0.15) is 0 Å². The van der Waals surface area contributed by atoms with E-state index in [-0.39, 0.29) is 12.0 Å². The number of ketones is 1. The molecular formula is C21H28N2O5. The molecule has 0 radical (unpaired) electrons. The first-order valence-electron chi connectivity index (χ1n) is 9.25. The van der Waals surface area contributed by atoms with Crippen molar-refractivity contribution in [2.45, 2.75) is 38.8 Å². The zero-order valence-corrected chi connectivity index (χ0v) is 16.9. The molecule has 0 bridgehead atoms. The van der Waals surface area contributed by atoms with Crippen LogP contribution >= 0.6 is 0 Å². The number of rotatable bonds is 8. The van der Waals surface area contributed by atoms with Gasteiger partial charge in [-0.15, -0.1) is 0 Å². The van der Waals surface area contributed by atoms with E-state index in [4.69, 9.17) is 9.47 Å². The highest BCUT2D eigenvalue weighted by Crippen LogP contribution is 2.47. The molecule has 7 nitrogen and oxygen atoms in total. The fourth-order valence-corrected chi connectivity index (χ4v) is 3.14. The van der Waals surface area contributed by atoms with Gasteiger partial charge in [0.25, 0.3) is 0 Å². The van der Waals surface area contributed by atoms with Crippen LogP contribution in [-0.4, -0.2) is 50.0 Å². The minimum absolute atomic E-state index is 0.0346. The molecule has 0 spiro atoms. The van der Waals surface area contributed by atoms with Crippen LogP contribution in [0.3, 0.4) is 0 Å². The zero-order chi connectivity index (χ0) is 20.7. The number of hydrogen-bond donors (Lipinski definition) is 1. The lowest BCUT2D eigenvalue weighted by molar-refractivity contribution is -0.146. The molecule has 1 fully saturated rings. The van der Waals surface area contributed by atoms with Gasteiger partial charge in [0.15, 0.2) is 11.8 Å². The number of alkyl carbamates (subject to hydrolysis) is 1. The summed E-state index contributed by atoms with van der Waals surface area (Å²) in [6, 6.07) is 7.69. The second-order valence-corrected chi connectivity index (χ2v) is 7.45. The highest BCUT2D eigenvalue weighted by atomic mass is 16.6. The van der Waals surface area contributed by atoms with Crippen molar-refractivity contribution in [1.82, 2.24) is 10.2 Å². The van der Waals surface area contributed by atoms with Gasteiger partial charge in [0, 0.05) is 25.9 Å². The average Bonchev–Trinajstić information content (AvgIpc) is 2.66. The maximum absolute atomic E-state index is 13.2. The number of carbonyl (C=O) groups is 3. The van der Waals surface area contributed by atoms with Crippen LogP contribution in [0, 0.1) is 5.41 Å². The molecule has 28 heavy (non-hydrogen) atoms. The predicted octanol–water partition coefficient (Wildman–Crippen LogP) is 2.66. The molecule has 1 aromatic rings. The Hall–Kier alpha value is -2.83. The van der Waals surface area contributed by atoms with Crippen LogP contribution in [0.15, 0.2) is 42.1 Å². The van der Waals surface area contributed by atoms with Crippen molar-refractivity contribution in [3.05, 3.63) is 47.7 Å². The first kappa shape index (κ1) is 21.5. The van der Waals surface area contributed by atoms with Gasteiger partial charge in [-0.05, 0) is 23.8 Å². The largest absolute Gasteiger partial charge is 0.467 e. The van der Waals surface area contributed by atoms with E-state index in [1.807, 2.05) is 51.4 Å². The highest BCUT2D eigenvalue weighted by molar-refractivity contribution is 6.13. The lowest BCUT2D eigenvalue weighted by Gasteiger charge is -2.41. The van der Waals surface area contributed by atoms with E-state index in [0.29, 0.717) is 5.57 Å². The van der Waals surface area contributed by atoms with E-state index in [9.17, 15) is 14.4 Å². The van der Waals surface area contributed by atoms with Crippen LogP contribution in [0.1, 0.15) is 31.7 Å². The molecule has 0 saturated heterocycles. The van der Waals surface area contributed by atoms with Gasteiger partial charge in [0.1, 0.15) is 6.61 Å². The van der Waals surface area contributed by atoms with Crippen LogP contribution in [0.25, 0.3) is 0 Å². The molecule has 1 aliphatic carbocycles. The van der Waals surface area contributed by atoms with Crippen molar-refractivity contribution in [1.29, 1.82) is 0 Å². The van der Waals surface area contributed by atoms with Crippen molar-refractivity contribution < 1.29 is 23.9 Å². The van der Waals surface area contributed by atoms with Gasteiger partial charge < -0.3 is 19.7 Å². The molecular weight excluding hydrogens is 360 g/mol. The SMILES string of the molecule is COC(=O)C(NC(=O)OCc1ccccc1)C(=O)/C(=C\N(C)C)C1(C)CCC1. The van der Waals surface area contributed by atoms with Gasteiger partial charge in [0.05, 0.1) is 7.11 Å². The maximum atomic E-state index is 13.2. The lowest BCUT2D eigenvalue weighted by Crippen LogP contribution is -2.50. The van der Waals surface area contributed by atoms with Gasteiger partial charge in [0.2, 0.25) is 0 Å². The number of amides is 1. The number of nitrogens with zero attached hydrogens (tertiary/aromatic N) is 1. The molecule has 1 aromatic carbocycles. The molecule has 1 amide bonds. The number of ether oxygens (including phenoxy) is 2. The minimum atomic E-state index is -1.45. The molecule has 1 N–H and O–H groups in total. The predicted molar refractivity (Wildman–Crippen MR) is 104 cm³/mol. The molecule has 1 saturated carbocycles. The lowest BCUT2D eigenvalue weighted by atomic mass is 9.64. The van der Waals surface area contributed by atoms with E-state index in [2.05, 4.69) is 5.32 Å². The van der Waals surface area contributed by atoms with Crippen LogP contribution in [-0.2, 0) is 25.7 Å². The van der Waals surface area contributed by atoms with E-state index >= 15 is 0 Å². The number of carbonyl (C=O) groups excluding carboxylic acids is 3. The molecule has 7 heteroatoms. The van der Waals surface area contributed by atoms with Crippen molar-refractivity contribution in [3.8, 4) is 0 Å². The van der Waals surface area contributed by atoms with Crippen molar-refractivity contribution >= 4 is 17.8 Å². The highest BCUT2D eigenvalue weighted by Gasteiger charge is 2.43. The molecule has 1 unspecified atom stereocenters. The summed E-state index contributed by atoms with van der Waals surface area (Å²) in [7, 11) is 4.80. The average molecular weight is 388 g/mol. The van der Waals surface area contributed by atoms with Gasteiger partial charge in [-0.3, -0.25) is 4.79 Å². The zero-order valence-electron chi connectivity index (χ0n) is 16.9. The standard InChI is InChI=1S/C21H28N2O5/c1-21(11-8-12-21)16(13-23(2)3)18(24)17(19(25)27-4)22-20(26)28-14-15-9-6-5-7-10-15/h5-7,9-10,13,17H,8,11-12,14H2,1-4H3,(H,22,26)/b16-13+. The van der Waals surface area contributed by atoms with Gasteiger partial charge >= 0.3 is 12.1 Å². The molecule has 0 aromatic heterocycles. The van der Waals surface area contributed by atoms with Crippen LogP contribution in [0.2, 0.25) is 0 Å². The molecule has 1 aliphatic rings. The van der Waals surface area contributed by atoms with Crippen molar-refractivity contribution in [3.63, 3.8) is 0 Å². The first-order chi connectivity index (χ1) is 13.3. The Balaban J connectivity index is 2.13. The Labute approximate surface area is 165 Å². The van der Waals surface area contributed by atoms with E-state index < -0.39 is 23.9 Å². The van der Waals surface area contributed by atoms with E-state index in [1.165, 1.54) is 7.11 Å². The van der Waals surface area contributed by atoms with Crippen molar-refractivity contribution in [2.75, 3.05) is 21.2 Å². The normalized spacial score (nSPS) is 16.4. The number of hydrogen-bond acceptors (Lipinski definition) is 6. The van der Waals surface area contributed by atoms with Gasteiger partial charge in [-0.25, -0.2) is 9.59 Å². The van der Waals surface area contributed by atoms with E-state index in [0.717, 1.165) is 24.8 Å². The molecule has 152 valence electrons. The Bertz CT molecular complexity index is 738. The monoisotopic (exact) mass is 388 g/mol. The molecule has 0 heterocycles. The Morgan fingerprint density at radius 1 is 1.21 bits per heavy atom. The number of nitrogens with one attached hydrogen (secondary N) is 1. The van der Waals surface area contributed by atoms with Crippen LogP contribution in [0.5, 0.6) is 0 Å². The van der Waals surface area contributed by atoms with Crippen LogP contribution in [0.4, 0.5) is 4.79 Å². The number of benzene rings is 1. The number of methoxy groups -OCH3 is 1. The third-order valence-electron chi connectivity index (χ3n) is 4.93. The second kappa shape index (κ2) is 9.39. The molecule has 0 aliphatic heterocycles. The molecule has 2 rings (SSSR count). The summed E-state index contributed by atoms with van der Waals surface area (Å²) >= 11 is 0. The fraction of sp³-hybridized carbons (Fsp3) is 0.476. The quantitative estimate of drug-likeness (QED) is 0.419. The van der Waals surface area contributed by atoms with E-state index in [1.54, 1.807) is 11.1 Å². The smallest absolute Gasteiger partial charge is 0.408 e. The summed E-state index contributed by atoms with van der Waals surface area (Å²) in [5.74, 6) is -1.30. The Morgan fingerprint density at radius 3 is 2.36 bits per heavy atom. The Morgan fingerprint density at radius 2 is 1.86 bits per heavy atom. The summed E-state index contributed by atoms with van der Waals surface area (Å²) in [6.07, 6.45) is 3.59. The third-order valence-corrected chi connectivity index (χ3v) is 4.93. The number of Topliss-reactive ketones (excluding diaryl/α,β-unsaturated/α-hetero) is 1. The minimum Gasteiger partial charge on any atom is -0.467 e. The topological polar surface area (TPSA) is 84.9 Å². The van der Waals surface area contributed by atoms with Gasteiger partial charge in [-0.1, -0.05) is 43.7 Å². The second-order valence-electron chi connectivity index (χ2n) is 7.45. The summed E-state index contributed by atoms with van der Waals surface area (Å²) in [6.45, 7) is 2.03. The Kier molecular flexibility index (Phi) is 7.20. The fourth-order valence-electron chi connectivity index (χ4n) is 3.14. The number of esters is 1. The summed E-state index contributed by atoms with van der Waals surface area (Å²) < 4.78 is 9.90. The molecule has 1 atom stereocenters.